The lowest BCUT2D eigenvalue weighted by molar-refractivity contribution is -0.114. The molecule has 0 aliphatic rings. The maximum absolute atomic E-state index is 11.2. The minimum Gasteiger partial charge on any atom is -0.477 e. The van der Waals surface area contributed by atoms with Crippen LogP contribution in [0.4, 0.5) is 5.13 Å². The van der Waals surface area contributed by atoms with E-state index >= 15 is 0 Å². The number of aromatic carboxylic acids is 1. The van der Waals surface area contributed by atoms with Crippen LogP contribution < -0.4 is 5.32 Å². The molecule has 0 atom stereocenters. The molecular weight excluding hydrogens is 288 g/mol. The summed E-state index contributed by atoms with van der Waals surface area (Å²) in [5.41, 5.74) is 0.951. The monoisotopic (exact) mass is 296 g/mol. The number of hydrogen-bond donors (Lipinski definition) is 2. The molecule has 1 heterocycles. The number of anilines is 1. The van der Waals surface area contributed by atoms with Gasteiger partial charge in [0, 0.05) is 17.5 Å². The highest BCUT2D eigenvalue weighted by Gasteiger charge is 2.19. The van der Waals surface area contributed by atoms with Gasteiger partial charge in [-0.25, -0.2) is 9.78 Å². The van der Waals surface area contributed by atoms with Crippen LogP contribution >= 0.6 is 22.9 Å². The summed E-state index contributed by atoms with van der Waals surface area (Å²) in [6, 6.07) is 6.67. The van der Waals surface area contributed by atoms with E-state index in [-0.39, 0.29) is 15.9 Å². The number of nitrogens with zero attached hydrogens (tertiary/aromatic N) is 1. The number of rotatable bonds is 3. The van der Waals surface area contributed by atoms with Crippen molar-refractivity contribution >= 4 is 39.9 Å². The van der Waals surface area contributed by atoms with Crippen LogP contribution in [0.1, 0.15) is 16.6 Å². The van der Waals surface area contributed by atoms with Crippen LogP contribution in [-0.4, -0.2) is 22.0 Å². The van der Waals surface area contributed by atoms with Gasteiger partial charge >= 0.3 is 5.97 Å². The zero-order chi connectivity index (χ0) is 14.0. The Kier molecular flexibility index (Phi) is 3.82. The second-order valence-electron chi connectivity index (χ2n) is 3.69. The number of benzene rings is 1. The second-order valence-corrected chi connectivity index (χ2v) is 5.13. The van der Waals surface area contributed by atoms with Gasteiger partial charge in [-0.2, -0.15) is 0 Å². The summed E-state index contributed by atoms with van der Waals surface area (Å²) >= 11 is 6.70. The SMILES string of the molecule is CC(=O)Nc1nc(-c2ccc(Cl)cc2)c(C(=O)O)s1. The Morgan fingerprint density at radius 3 is 2.47 bits per heavy atom. The van der Waals surface area contributed by atoms with E-state index in [1.165, 1.54) is 6.92 Å². The number of carbonyl (C=O) groups excluding carboxylic acids is 1. The largest absolute Gasteiger partial charge is 0.477 e. The number of aromatic nitrogens is 1. The topological polar surface area (TPSA) is 79.3 Å². The minimum atomic E-state index is -1.08. The van der Waals surface area contributed by atoms with Gasteiger partial charge in [-0.1, -0.05) is 35.1 Å². The van der Waals surface area contributed by atoms with E-state index in [0.29, 0.717) is 16.3 Å². The summed E-state index contributed by atoms with van der Waals surface area (Å²) in [6.45, 7) is 1.34. The quantitative estimate of drug-likeness (QED) is 0.912. The number of amides is 1. The zero-order valence-corrected chi connectivity index (χ0v) is 11.4. The lowest BCUT2D eigenvalue weighted by Gasteiger charge is -1.98. The number of hydrogen-bond acceptors (Lipinski definition) is 4. The molecule has 0 saturated carbocycles. The molecule has 98 valence electrons. The van der Waals surface area contributed by atoms with Crippen molar-refractivity contribution in [2.24, 2.45) is 0 Å². The average Bonchev–Trinajstić information content (AvgIpc) is 2.73. The standard InChI is InChI=1S/C12H9ClN2O3S/c1-6(16)14-12-15-9(10(19-12)11(17)18)7-2-4-8(13)5-3-7/h2-5H,1H3,(H,17,18)(H,14,15,16). The highest BCUT2D eigenvalue weighted by molar-refractivity contribution is 7.18. The van der Waals surface area contributed by atoms with Gasteiger partial charge in [-0.15, -0.1) is 0 Å². The van der Waals surface area contributed by atoms with E-state index in [0.717, 1.165) is 11.3 Å². The number of halogens is 1. The first kappa shape index (κ1) is 13.5. The van der Waals surface area contributed by atoms with Crippen LogP contribution in [0.15, 0.2) is 24.3 Å². The van der Waals surface area contributed by atoms with Crippen LogP contribution in [0.3, 0.4) is 0 Å². The molecule has 1 aromatic heterocycles. The molecule has 2 rings (SSSR count). The Hall–Kier alpha value is -1.92. The Morgan fingerprint density at radius 1 is 1.32 bits per heavy atom. The molecule has 0 bridgehead atoms. The Morgan fingerprint density at radius 2 is 1.95 bits per heavy atom. The number of carbonyl (C=O) groups is 2. The van der Waals surface area contributed by atoms with Crippen molar-refractivity contribution in [3.63, 3.8) is 0 Å². The molecule has 0 fully saturated rings. The van der Waals surface area contributed by atoms with Crippen molar-refractivity contribution in [1.82, 2.24) is 4.98 Å². The van der Waals surface area contributed by atoms with Crippen molar-refractivity contribution in [1.29, 1.82) is 0 Å². The predicted octanol–water partition coefficient (Wildman–Crippen LogP) is 3.12. The van der Waals surface area contributed by atoms with E-state index in [1.54, 1.807) is 24.3 Å². The summed E-state index contributed by atoms with van der Waals surface area (Å²) in [5, 5.41) is 12.5. The number of carboxylic acid groups (broad SMARTS) is 1. The molecule has 1 aromatic carbocycles. The first-order valence-corrected chi connectivity index (χ1v) is 6.44. The van der Waals surface area contributed by atoms with Crippen LogP contribution in [0.2, 0.25) is 5.02 Å². The Balaban J connectivity index is 2.48. The van der Waals surface area contributed by atoms with Gasteiger partial charge in [0.2, 0.25) is 5.91 Å². The smallest absolute Gasteiger partial charge is 0.348 e. The first-order valence-electron chi connectivity index (χ1n) is 5.25. The Labute approximate surface area is 117 Å². The molecule has 0 radical (unpaired) electrons. The summed E-state index contributed by atoms with van der Waals surface area (Å²) in [7, 11) is 0. The van der Waals surface area contributed by atoms with Crippen LogP contribution in [-0.2, 0) is 4.79 Å². The van der Waals surface area contributed by atoms with E-state index in [1.807, 2.05) is 0 Å². The van der Waals surface area contributed by atoms with Gasteiger partial charge in [-0.05, 0) is 12.1 Å². The average molecular weight is 297 g/mol. The lowest BCUT2D eigenvalue weighted by Crippen LogP contribution is -2.04. The summed E-state index contributed by atoms with van der Waals surface area (Å²) in [4.78, 5) is 26.4. The second kappa shape index (κ2) is 5.38. The highest BCUT2D eigenvalue weighted by atomic mass is 35.5. The van der Waals surface area contributed by atoms with Gasteiger partial charge in [0.1, 0.15) is 4.88 Å². The fraction of sp³-hybridized carbons (Fsp3) is 0.0833. The van der Waals surface area contributed by atoms with Crippen LogP contribution in [0.25, 0.3) is 11.3 Å². The molecule has 0 unspecified atom stereocenters. The van der Waals surface area contributed by atoms with Crippen molar-refractivity contribution in [3.8, 4) is 11.3 Å². The molecule has 19 heavy (non-hydrogen) atoms. The molecule has 0 aliphatic carbocycles. The zero-order valence-electron chi connectivity index (χ0n) is 9.81. The van der Waals surface area contributed by atoms with Gasteiger partial charge in [-0.3, -0.25) is 4.79 Å². The Bertz CT molecular complexity index is 637. The maximum Gasteiger partial charge on any atom is 0.348 e. The van der Waals surface area contributed by atoms with Gasteiger partial charge in [0.25, 0.3) is 0 Å². The lowest BCUT2D eigenvalue weighted by atomic mass is 10.1. The van der Waals surface area contributed by atoms with E-state index in [4.69, 9.17) is 16.7 Å². The predicted molar refractivity (Wildman–Crippen MR) is 73.8 cm³/mol. The van der Waals surface area contributed by atoms with Crippen molar-refractivity contribution in [3.05, 3.63) is 34.2 Å². The summed E-state index contributed by atoms with van der Waals surface area (Å²) in [5.74, 6) is -1.38. The molecule has 2 N–H and O–H groups in total. The van der Waals surface area contributed by atoms with E-state index in [9.17, 15) is 9.59 Å². The molecular formula is C12H9ClN2O3S. The van der Waals surface area contributed by atoms with Crippen molar-refractivity contribution in [2.45, 2.75) is 6.92 Å². The summed E-state index contributed by atoms with van der Waals surface area (Å²) in [6.07, 6.45) is 0. The first-order chi connectivity index (χ1) is 8.97. The fourth-order valence-electron chi connectivity index (χ4n) is 1.47. The van der Waals surface area contributed by atoms with Gasteiger partial charge in [0.15, 0.2) is 5.13 Å². The molecule has 5 nitrogen and oxygen atoms in total. The molecule has 2 aromatic rings. The third-order valence-electron chi connectivity index (χ3n) is 2.22. The van der Waals surface area contributed by atoms with E-state index < -0.39 is 5.97 Å². The molecule has 0 saturated heterocycles. The van der Waals surface area contributed by atoms with Crippen molar-refractivity contribution < 1.29 is 14.7 Å². The fourth-order valence-corrected chi connectivity index (χ4v) is 2.47. The number of carboxylic acids is 1. The third kappa shape index (κ3) is 3.10. The molecule has 0 spiro atoms. The molecule has 1 amide bonds. The summed E-state index contributed by atoms with van der Waals surface area (Å²) < 4.78 is 0. The van der Waals surface area contributed by atoms with Crippen LogP contribution in [0, 0.1) is 0 Å². The van der Waals surface area contributed by atoms with E-state index in [2.05, 4.69) is 10.3 Å². The molecule has 7 heteroatoms. The third-order valence-corrected chi connectivity index (χ3v) is 3.43. The number of nitrogens with one attached hydrogen (secondary N) is 1. The van der Waals surface area contributed by atoms with Crippen molar-refractivity contribution in [2.75, 3.05) is 5.32 Å². The highest BCUT2D eigenvalue weighted by Crippen LogP contribution is 2.31. The molecule has 0 aliphatic heterocycles. The number of thiazole rings is 1. The van der Waals surface area contributed by atoms with Gasteiger partial charge in [0.05, 0.1) is 5.69 Å². The minimum absolute atomic E-state index is 0.0751. The van der Waals surface area contributed by atoms with Gasteiger partial charge < -0.3 is 10.4 Å². The normalized spacial score (nSPS) is 10.2. The van der Waals surface area contributed by atoms with Crippen LogP contribution in [0.5, 0.6) is 0 Å². The maximum atomic E-state index is 11.2.